The van der Waals surface area contributed by atoms with Crippen LogP contribution in [0.1, 0.15) is 13.3 Å². The zero-order valence-corrected chi connectivity index (χ0v) is 18.5. The van der Waals surface area contributed by atoms with Crippen LogP contribution in [0.2, 0.25) is 0 Å². The quantitative estimate of drug-likeness (QED) is 0.546. The zero-order chi connectivity index (χ0) is 22.3. The molecule has 0 saturated carbocycles. The van der Waals surface area contributed by atoms with Gasteiger partial charge in [0, 0.05) is 50.2 Å². The first kappa shape index (κ1) is 21.8. The topological polar surface area (TPSA) is 104 Å². The molecule has 0 bridgehead atoms. The van der Waals surface area contributed by atoms with E-state index in [2.05, 4.69) is 25.4 Å². The molecular formula is C22H24N6O3S. The molecule has 1 N–H and O–H groups in total. The van der Waals surface area contributed by atoms with E-state index in [1.54, 1.807) is 12.3 Å². The molecule has 0 spiro atoms. The number of carbonyl (C=O) groups excluding carboxylic acids is 2. The van der Waals surface area contributed by atoms with E-state index in [9.17, 15) is 9.59 Å². The third-order valence-electron chi connectivity index (χ3n) is 5.07. The summed E-state index contributed by atoms with van der Waals surface area (Å²) in [7, 11) is 0. The molecule has 3 aromatic rings. The largest absolute Gasteiger partial charge is 0.410 e. The van der Waals surface area contributed by atoms with E-state index in [1.165, 1.54) is 11.8 Å². The summed E-state index contributed by atoms with van der Waals surface area (Å²) < 4.78 is 5.55. The second kappa shape index (κ2) is 10.3. The van der Waals surface area contributed by atoms with Gasteiger partial charge in [0.1, 0.15) is 5.69 Å². The van der Waals surface area contributed by atoms with Gasteiger partial charge in [-0.05, 0) is 36.4 Å². The number of thioether (sulfide) groups is 1. The van der Waals surface area contributed by atoms with Gasteiger partial charge in [-0.2, -0.15) is 0 Å². The Labute approximate surface area is 190 Å². The molecule has 1 fully saturated rings. The number of pyridine rings is 1. The van der Waals surface area contributed by atoms with E-state index >= 15 is 0 Å². The molecule has 1 aromatic carbocycles. The molecule has 32 heavy (non-hydrogen) atoms. The van der Waals surface area contributed by atoms with E-state index in [-0.39, 0.29) is 17.6 Å². The van der Waals surface area contributed by atoms with Crippen molar-refractivity contribution in [2.45, 2.75) is 18.6 Å². The van der Waals surface area contributed by atoms with Crippen LogP contribution in [0.4, 0.5) is 11.4 Å². The minimum absolute atomic E-state index is 0.152. The monoisotopic (exact) mass is 452 g/mol. The second-order valence-corrected chi connectivity index (χ2v) is 8.12. The summed E-state index contributed by atoms with van der Waals surface area (Å²) in [6, 6.07) is 13.2. The third kappa shape index (κ3) is 5.44. The first-order valence-electron chi connectivity index (χ1n) is 10.4. The van der Waals surface area contributed by atoms with Crippen LogP contribution in [0.15, 0.2) is 58.3 Å². The highest BCUT2D eigenvalue weighted by molar-refractivity contribution is 7.99. The van der Waals surface area contributed by atoms with Gasteiger partial charge < -0.3 is 19.5 Å². The lowest BCUT2D eigenvalue weighted by atomic mass is 10.2. The van der Waals surface area contributed by atoms with Crippen molar-refractivity contribution in [2.75, 3.05) is 42.1 Å². The maximum Gasteiger partial charge on any atom is 0.277 e. The lowest BCUT2D eigenvalue weighted by Crippen LogP contribution is -2.48. The fraction of sp³-hybridized carbons (Fsp3) is 0.318. The SMILES string of the molecule is CCC(=O)N1CCN(c2ccc(NC(=O)CSc3nnc(-c4ccccn4)o3)cc2)CC1. The molecule has 1 aliphatic rings. The predicted octanol–water partition coefficient (Wildman–Crippen LogP) is 2.92. The summed E-state index contributed by atoms with van der Waals surface area (Å²) in [5, 5.41) is 11.1. The minimum Gasteiger partial charge on any atom is -0.410 e. The summed E-state index contributed by atoms with van der Waals surface area (Å²) in [6.07, 6.45) is 2.20. The molecule has 2 amide bonds. The Balaban J connectivity index is 1.25. The second-order valence-electron chi connectivity index (χ2n) is 7.19. The van der Waals surface area contributed by atoms with Gasteiger partial charge in [-0.25, -0.2) is 0 Å². The van der Waals surface area contributed by atoms with Crippen molar-refractivity contribution >= 4 is 35.0 Å². The number of hydrogen-bond donors (Lipinski definition) is 1. The molecule has 3 heterocycles. The number of piperazine rings is 1. The van der Waals surface area contributed by atoms with Crippen molar-refractivity contribution in [1.29, 1.82) is 0 Å². The van der Waals surface area contributed by atoms with Gasteiger partial charge in [-0.3, -0.25) is 14.6 Å². The molecule has 0 atom stereocenters. The maximum atomic E-state index is 12.3. The van der Waals surface area contributed by atoms with Crippen LogP contribution < -0.4 is 10.2 Å². The van der Waals surface area contributed by atoms with E-state index in [0.29, 0.717) is 23.2 Å². The number of hydrogen-bond acceptors (Lipinski definition) is 8. The lowest BCUT2D eigenvalue weighted by Gasteiger charge is -2.36. The number of benzene rings is 1. The van der Waals surface area contributed by atoms with Crippen LogP contribution in [0.3, 0.4) is 0 Å². The van der Waals surface area contributed by atoms with Gasteiger partial charge in [0.05, 0.1) is 5.75 Å². The van der Waals surface area contributed by atoms with Gasteiger partial charge in [0.25, 0.3) is 11.1 Å². The number of amides is 2. The number of carbonyl (C=O) groups is 2. The van der Waals surface area contributed by atoms with Crippen LogP contribution in [0.25, 0.3) is 11.6 Å². The Kier molecular flexibility index (Phi) is 7.00. The number of aromatic nitrogens is 3. The van der Waals surface area contributed by atoms with Crippen LogP contribution in [0, 0.1) is 0 Å². The summed E-state index contributed by atoms with van der Waals surface area (Å²) in [5.41, 5.74) is 2.39. The Morgan fingerprint density at radius 2 is 1.84 bits per heavy atom. The Hall–Kier alpha value is -3.40. The van der Waals surface area contributed by atoms with Crippen LogP contribution in [0.5, 0.6) is 0 Å². The average molecular weight is 453 g/mol. The highest BCUT2D eigenvalue weighted by Crippen LogP contribution is 2.23. The zero-order valence-electron chi connectivity index (χ0n) is 17.7. The fourth-order valence-corrected chi connectivity index (χ4v) is 3.94. The van der Waals surface area contributed by atoms with Crippen molar-refractivity contribution in [3.8, 4) is 11.6 Å². The van der Waals surface area contributed by atoms with Crippen LogP contribution in [-0.2, 0) is 9.59 Å². The van der Waals surface area contributed by atoms with E-state index < -0.39 is 0 Å². The van der Waals surface area contributed by atoms with Gasteiger partial charge in [0.15, 0.2) is 0 Å². The molecule has 10 heteroatoms. The standard InChI is InChI=1S/C22H24N6O3S/c1-2-20(30)28-13-11-27(12-14-28)17-8-6-16(7-9-17)24-19(29)15-32-22-26-25-21(31-22)18-5-3-4-10-23-18/h3-10H,2,11-15H2,1H3,(H,24,29). The fourth-order valence-electron chi connectivity index (χ4n) is 3.38. The minimum atomic E-state index is -0.160. The number of nitrogens with zero attached hydrogens (tertiary/aromatic N) is 5. The summed E-state index contributed by atoms with van der Waals surface area (Å²) in [4.78, 5) is 32.4. The average Bonchev–Trinajstić information content (AvgIpc) is 3.33. The van der Waals surface area contributed by atoms with Gasteiger partial charge >= 0.3 is 0 Å². The molecule has 9 nitrogen and oxygen atoms in total. The van der Waals surface area contributed by atoms with E-state index in [1.807, 2.05) is 48.2 Å². The summed E-state index contributed by atoms with van der Waals surface area (Å²) in [6.45, 7) is 4.97. The molecular weight excluding hydrogens is 428 g/mol. The van der Waals surface area contributed by atoms with Gasteiger partial charge in [0.2, 0.25) is 11.8 Å². The number of rotatable bonds is 7. The molecule has 0 radical (unpaired) electrons. The van der Waals surface area contributed by atoms with Crippen molar-refractivity contribution in [1.82, 2.24) is 20.1 Å². The van der Waals surface area contributed by atoms with Gasteiger partial charge in [-0.1, -0.05) is 24.8 Å². The smallest absolute Gasteiger partial charge is 0.277 e. The van der Waals surface area contributed by atoms with Gasteiger partial charge in [-0.15, -0.1) is 10.2 Å². The van der Waals surface area contributed by atoms with Crippen molar-refractivity contribution in [2.24, 2.45) is 0 Å². The summed E-state index contributed by atoms with van der Waals surface area (Å²) in [5.74, 6) is 0.518. The van der Waals surface area contributed by atoms with Crippen LogP contribution >= 0.6 is 11.8 Å². The maximum absolute atomic E-state index is 12.3. The lowest BCUT2D eigenvalue weighted by molar-refractivity contribution is -0.131. The molecule has 4 rings (SSSR count). The Morgan fingerprint density at radius 3 is 2.53 bits per heavy atom. The highest BCUT2D eigenvalue weighted by atomic mass is 32.2. The van der Waals surface area contributed by atoms with Crippen molar-refractivity contribution < 1.29 is 14.0 Å². The predicted molar refractivity (Wildman–Crippen MR) is 122 cm³/mol. The molecule has 1 saturated heterocycles. The van der Waals surface area contributed by atoms with Crippen molar-refractivity contribution in [3.05, 3.63) is 48.7 Å². The normalized spacial score (nSPS) is 13.8. The number of anilines is 2. The first-order chi connectivity index (χ1) is 15.6. The van der Waals surface area contributed by atoms with E-state index in [0.717, 1.165) is 37.6 Å². The molecule has 166 valence electrons. The highest BCUT2D eigenvalue weighted by Gasteiger charge is 2.20. The van der Waals surface area contributed by atoms with Crippen LogP contribution in [-0.4, -0.2) is 63.8 Å². The summed E-state index contributed by atoms with van der Waals surface area (Å²) >= 11 is 1.17. The number of nitrogens with one attached hydrogen (secondary N) is 1. The van der Waals surface area contributed by atoms with Crippen molar-refractivity contribution in [3.63, 3.8) is 0 Å². The third-order valence-corrected chi connectivity index (χ3v) is 5.89. The van der Waals surface area contributed by atoms with E-state index in [4.69, 9.17) is 4.42 Å². The Morgan fingerprint density at radius 1 is 1.06 bits per heavy atom. The molecule has 1 aliphatic heterocycles. The first-order valence-corrected chi connectivity index (χ1v) is 11.4. The molecule has 2 aromatic heterocycles. The molecule has 0 aliphatic carbocycles. The molecule has 0 unspecified atom stereocenters. The Bertz CT molecular complexity index is 1050.